The van der Waals surface area contributed by atoms with Crippen molar-refractivity contribution in [2.24, 2.45) is 5.73 Å². The predicted octanol–water partition coefficient (Wildman–Crippen LogP) is 2.25. The Morgan fingerprint density at radius 1 is 1.38 bits per heavy atom. The van der Waals surface area contributed by atoms with Crippen molar-refractivity contribution in [2.75, 3.05) is 18.5 Å². The Morgan fingerprint density at radius 3 is 2.76 bits per heavy atom. The Kier molecular flexibility index (Phi) is 5.95. The summed E-state index contributed by atoms with van der Waals surface area (Å²) in [6.07, 6.45) is 3.63. The van der Waals surface area contributed by atoms with Crippen molar-refractivity contribution in [3.8, 4) is 5.75 Å². The summed E-state index contributed by atoms with van der Waals surface area (Å²) in [5.74, 6) is 0.634. The van der Waals surface area contributed by atoms with Gasteiger partial charge in [-0.25, -0.2) is 0 Å². The molecule has 1 amide bonds. The van der Waals surface area contributed by atoms with E-state index in [1.54, 1.807) is 24.3 Å². The average Bonchev–Trinajstić information content (AvgIpc) is 2.47. The van der Waals surface area contributed by atoms with Crippen LogP contribution in [-0.2, 0) is 9.53 Å². The van der Waals surface area contributed by atoms with Crippen molar-refractivity contribution in [3.05, 3.63) is 24.3 Å². The first kappa shape index (κ1) is 15.7. The molecule has 1 aliphatic heterocycles. The Balaban J connectivity index is 1.79. The molecule has 1 atom stereocenters. The first-order chi connectivity index (χ1) is 10.1. The monoisotopic (exact) mass is 308 g/mol. The second-order valence-corrected chi connectivity index (χ2v) is 5.54. The summed E-state index contributed by atoms with van der Waals surface area (Å²) in [7, 11) is 0. The lowest BCUT2D eigenvalue weighted by molar-refractivity contribution is -0.119. The number of thiocarbonyl (C=S) groups is 1. The van der Waals surface area contributed by atoms with Crippen LogP contribution in [0, 0.1) is 0 Å². The third kappa shape index (κ3) is 5.69. The zero-order chi connectivity index (χ0) is 15.1. The first-order valence-electron chi connectivity index (χ1n) is 7.06. The van der Waals surface area contributed by atoms with Gasteiger partial charge in [0.05, 0.1) is 12.5 Å². The van der Waals surface area contributed by atoms with E-state index in [0.717, 1.165) is 31.6 Å². The minimum Gasteiger partial charge on any atom is -0.487 e. The fraction of sp³-hybridized carbons (Fsp3) is 0.467. The number of hydrogen-bond donors (Lipinski definition) is 2. The van der Waals surface area contributed by atoms with Gasteiger partial charge in [0.15, 0.2) is 0 Å². The van der Waals surface area contributed by atoms with Crippen LogP contribution in [0.1, 0.15) is 25.7 Å². The zero-order valence-electron chi connectivity index (χ0n) is 11.8. The van der Waals surface area contributed by atoms with E-state index in [-0.39, 0.29) is 18.6 Å². The summed E-state index contributed by atoms with van der Waals surface area (Å²) in [6, 6.07) is 7.11. The number of anilines is 1. The molecular formula is C15H20N2O3S. The lowest BCUT2D eigenvalue weighted by atomic mass is 10.1. The number of benzene rings is 1. The van der Waals surface area contributed by atoms with Crippen LogP contribution in [0.3, 0.4) is 0 Å². The van der Waals surface area contributed by atoms with Crippen LogP contribution in [0.2, 0.25) is 0 Å². The lowest BCUT2D eigenvalue weighted by Crippen LogP contribution is -2.25. The molecule has 0 radical (unpaired) electrons. The average molecular weight is 308 g/mol. The van der Waals surface area contributed by atoms with E-state index < -0.39 is 0 Å². The lowest BCUT2D eigenvalue weighted by Gasteiger charge is -2.21. The Morgan fingerprint density at radius 2 is 2.14 bits per heavy atom. The summed E-state index contributed by atoms with van der Waals surface area (Å²) in [4.78, 5) is 12.2. The number of nitrogens with two attached hydrogens (primary N) is 1. The SMILES string of the molecule is NC(=S)COc1ccc(NC(=O)CC2CCCCO2)cc1. The van der Waals surface area contributed by atoms with E-state index in [1.165, 1.54) is 0 Å². The summed E-state index contributed by atoms with van der Waals surface area (Å²) in [5, 5.41) is 2.86. The topological polar surface area (TPSA) is 73.6 Å². The van der Waals surface area contributed by atoms with Gasteiger partial charge in [0.25, 0.3) is 0 Å². The van der Waals surface area contributed by atoms with Gasteiger partial charge in [0.1, 0.15) is 17.3 Å². The van der Waals surface area contributed by atoms with Crippen molar-refractivity contribution in [3.63, 3.8) is 0 Å². The Hall–Kier alpha value is -1.66. The van der Waals surface area contributed by atoms with Crippen LogP contribution >= 0.6 is 12.2 Å². The van der Waals surface area contributed by atoms with Gasteiger partial charge >= 0.3 is 0 Å². The van der Waals surface area contributed by atoms with E-state index in [1.807, 2.05) is 0 Å². The molecule has 0 aliphatic carbocycles. The molecule has 1 aliphatic rings. The molecule has 1 fully saturated rings. The molecule has 1 unspecified atom stereocenters. The van der Waals surface area contributed by atoms with Crippen molar-refractivity contribution in [1.82, 2.24) is 0 Å². The molecule has 114 valence electrons. The van der Waals surface area contributed by atoms with Gasteiger partial charge in [-0.3, -0.25) is 4.79 Å². The van der Waals surface area contributed by atoms with Crippen LogP contribution in [0.15, 0.2) is 24.3 Å². The van der Waals surface area contributed by atoms with Crippen LogP contribution in [0.5, 0.6) is 5.75 Å². The second-order valence-electron chi connectivity index (χ2n) is 5.02. The van der Waals surface area contributed by atoms with Crippen molar-refractivity contribution in [1.29, 1.82) is 0 Å². The minimum atomic E-state index is -0.0290. The molecule has 5 nitrogen and oxygen atoms in total. The summed E-state index contributed by atoms with van der Waals surface area (Å²) >= 11 is 4.74. The highest BCUT2D eigenvalue weighted by Gasteiger charge is 2.17. The molecule has 0 aromatic heterocycles. The van der Waals surface area contributed by atoms with Gasteiger partial charge in [-0.05, 0) is 43.5 Å². The fourth-order valence-corrected chi connectivity index (χ4v) is 2.24. The number of ether oxygens (including phenoxy) is 2. The zero-order valence-corrected chi connectivity index (χ0v) is 12.7. The fourth-order valence-electron chi connectivity index (χ4n) is 2.18. The number of nitrogens with one attached hydrogen (secondary N) is 1. The van der Waals surface area contributed by atoms with Crippen LogP contribution in [-0.4, -0.2) is 30.2 Å². The summed E-state index contributed by atoms with van der Waals surface area (Å²) in [5.41, 5.74) is 6.10. The molecule has 1 aromatic rings. The van der Waals surface area contributed by atoms with Crippen LogP contribution in [0.25, 0.3) is 0 Å². The van der Waals surface area contributed by atoms with Crippen LogP contribution < -0.4 is 15.8 Å². The Bertz CT molecular complexity index is 484. The molecule has 2 rings (SSSR count). The maximum atomic E-state index is 11.9. The second kappa shape index (κ2) is 7.95. The molecule has 1 saturated heterocycles. The number of hydrogen-bond acceptors (Lipinski definition) is 4. The van der Waals surface area contributed by atoms with Gasteiger partial charge in [0.2, 0.25) is 5.91 Å². The number of carbonyl (C=O) groups is 1. The van der Waals surface area contributed by atoms with Gasteiger partial charge in [-0.1, -0.05) is 12.2 Å². The Labute approximate surface area is 129 Å². The minimum absolute atomic E-state index is 0.0290. The third-order valence-electron chi connectivity index (χ3n) is 3.21. The quantitative estimate of drug-likeness (QED) is 0.789. The molecule has 0 bridgehead atoms. The largest absolute Gasteiger partial charge is 0.487 e. The molecule has 0 spiro atoms. The number of amides is 1. The molecule has 6 heteroatoms. The molecule has 0 saturated carbocycles. The highest BCUT2D eigenvalue weighted by Crippen LogP contribution is 2.18. The summed E-state index contributed by atoms with van der Waals surface area (Å²) < 4.78 is 10.9. The van der Waals surface area contributed by atoms with Crippen molar-refractivity contribution >= 4 is 28.8 Å². The van der Waals surface area contributed by atoms with Crippen molar-refractivity contribution < 1.29 is 14.3 Å². The predicted molar refractivity (Wildman–Crippen MR) is 85.6 cm³/mol. The molecule has 21 heavy (non-hydrogen) atoms. The maximum Gasteiger partial charge on any atom is 0.226 e. The summed E-state index contributed by atoms with van der Waals surface area (Å²) in [6.45, 7) is 0.965. The number of carbonyl (C=O) groups excluding carboxylic acids is 1. The third-order valence-corrected chi connectivity index (χ3v) is 3.32. The highest BCUT2D eigenvalue weighted by molar-refractivity contribution is 7.80. The highest BCUT2D eigenvalue weighted by atomic mass is 32.1. The van der Waals surface area contributed by atoms with E-state index in [4.69, 9.17) is 27.4 Å². The van der Waals surface area contributed by atoms with E-state index in [9.17, 15) is 4.79 Å². The van der Waals surface area contributed by atoms with E-state index in [2.05, 4.69) is 5.32 Å². The smallest absolute Gasteiger partial charge is 0.226 e. The van der Waals surface area contributed by atoms with Gasteiger partial charge in [0, 0.05) is 12.3 Å². The van der Waals surface area contributed by atoms with Crippen molar-refractivity contribution in [2.45, 2.75) is 31.8 Å². The van der Waals surface area contributed by atoms with Gasteiger partial charge < -0.3 is 20.5 Å². The molecule has 3 N–H and O–H groups in total. The molecular weight excluding hydrogens is 288 g/mol. The molecule has 1 heterocycles. The van der Waals surface area contributed by atoms with Gasteiger partial charge in [-0.15, -0.1) is 0 Å². The standard InChI is InChI=1S/C15H20N2O3S/c16-14(21)10-20-12-6-4-11(5-7-12)17-15(18)9-13-3-1-2-8-19-13/h4-7,13H,1-3,8-10H2,(H2,16,21)(H,17,18). The van der Waals surface area contributed by atoms with Crippen LogP contribution in [0.4, 0.5) is 5.69 Å². The normalized spacial score (nSPS) is 18.0. The number of rotatable bonds is 6. The first-order valence-corrected chi connectivity index (χ1v) is 7.47. The van der Waals surface area contributed by atoms with E-state index >= 15 is 0 Å². The molecule has 1 aromatic carbocycles. The van der Waals surface area contributed by atoms with Gasteiger partial charge in [-0.2, -0.15) is 0 Å². The maximum absolute atomic E-state index is 11.9. The van der Waals surface area contributed by atoms with E-state index in [0.29, 0.717) is 17.2 Å².